The fraction of sp³-hybridized carbons (Fsp3) is 0.353. The minimum absolute atomic E-state index is 0.639. The highest BCUT2D eigenvalue weighted by atomic mass is 16.6. The summed E-state index contributed by atoms with van der Waals surface area (Å²) in [5.74, 6) is 1.73. The van der Waals surface area contributed by atoms with Crippen LogP contribution in [0.2, 0.25) is 0 Å². The standard InChI is InChI=1S/C17H20N2O2/c1-2-15(13-19-7-1)6-9-18-8-5-14-3-4-16-17(12-14)21-11-10-20-16/h1-4,7,12-13,18H,5-6,8-11H2. The van der Waals surface area contributed by atoms with E-state index < -0.39 is 0 Å². The third-order valence-corrected chi connectivity index (χ3v) is 3.51. The molecule has 0 spiro atoms. The van der Waals surface area contributed by atoms with E-state index in [0.717, 1.165) is 37.4 Å². The van der Waals surface area contributed by atoms with Crippen LogP contribution in [-0.2, 0) is 12.8 Å². The Labute approximate surface area is 125 Å². The van der Waals surface area contributed by atoms with Crippen molar-refractivity contribution >= 4 is 0 Å². The summed E-state index contributed by atoms with van der Waals surface area (Å²) in [7, 11) is 0. The molecule has 4 nitrogen and oxygen atoms in total. The Morgan fingerprint density at radius 1 is 0.952 bits per heavy atom. The summed E-state index contributed by atoms with van der Waals surface area (Å²) in [6, 6.07) is 10.3. The second-order valence-electron chi connectivity index (χ2n) is 5.09. The van der Waals surface area contributed by atoms with Crippen LogP contribution in [0.4, 0.5) is 0 Å². The van der Waals surface area contributed by atoms with Gasteiger partial charge in [0.05, 0.1) is 0 Å². The van der Waals surface area contributed by atoms with Gasteiger partial charge in [0.25, 0.3) is 0 Å². The molecule has 0 aliphatic carbocycles. The Bertz CT molecular complexity index is 572. The van der Waals surface area contributed by atoms with Crippen molar-refractivity contribution in [3.8, 4) is 11.5 Å². The van der Waals surface area contributed by atoms with E-state index in [1.807, 2.05) is 18.3 Å². The van der Waals surface area contributed by atoms with E-state index in [1.165, 1.54) is 11.1 Å². The molecule has 1 aromatic heterocycles. The number of hydrogen-bond donors (Lipinski definition) is 1. The van der Waals surface area contributed by atoms with Crippen molar-refractivity contribution in [1.82, 2.24) is 10.3 Å². The fourth-order valence-electron chi connectivity index (χ4n) is 2.38. The zero-order valence-corrected chi connectivity index (χ0v) is 12.0. The summed E-state index contributed by atoms with van der Waals surface area (Å²) >= 11 is 0. The van der Waals surface area contributed by atoms with Crippen LogP contribution >= 0.6 is 0 Å². The number of pyridine rings is 1. The Morgan fingerprint density at radius 2 is 1.76 bits per heavy atom. The molecule has 21 heavy (non-hydrogen) atoms. The molecule has 2 heterocycles. The van der Waals surface area contributed by atoms with E-state index in [-0.39, 0.29) is 0 Å². The lowest BCUT2D eigenvalue weighted by Crippen LogP contribution is -2.20. The number of aromatic nitrogens is 1. The summed E-state index contributed by atoms with van der Waals surface area (Å²) in [5.41, 5.74) is 2.54. The maximum atomic E-state index is 5.60. The first-order valence-corrected chi connectivity index (χ1v) is 7.40. The van der Waals surface area contributed by atoms with E-state index in [4.69, 9.17) is 9.47 Å². The molecule has 0 radical (unpaired) electrons. The van der Waals surface area contributed by atoms with Gasteiger partial charge < -0.3 is 14.8 Å². The average molecular weight is 284 g/mol. The molecule has 4 heteroatoms. The lowest BCUT2D eigenvalue weighted by molar-refractivity contribution is 0.171. The number of nitrogens with zero attached hydrogens (tertiary/aromatic N) is 1. The van der Waals surface area contributed by atoms with Crippen LogP contribution in [-0.4, -0.2) is 31.3 Å². The van der Waals surface area contributed by atoms with Crippen LogP contribution in [0.5, 0.6) is 11.5 Å². The SMILES string of the molecule is c1cncc(CCNCCc2ccc3c(c2)OCCO3)c1. The van der Waals surface area contributed by atoms with Gasteiger partial charge in [-0.25, -0.2) is 0 Å². The Morgan fingerprint density at radius 3 is 2.57 bits per heavy atom. The van der Waals surface area contributed by atoms with E-state index >= 15 is 0 Å². The highest BCUT2D eigenvalue weighted by Crippen LogP contribution is 2.30. The third-order valence-electron chi connectivity index (χ3n) is 3.51. The summed E-state index contributed by atoms with van der Waals surface area (Å²) < 4.78 is 11.1. The van der Waals surface area contributed by atoms with Crippen LogP contribution in [0.3, 0.4) is 0 Å². The van der Waals surface area contributed by atoms with Crippen molar-refractivity contribution in [1.29, 1.82) is 0 Å². The summed E-state index contributed by atoms with van der Waals surface area (Å²) in [6.45, 7) is 3.21. The molecule has 0 fully saturated rings. The third kappa shape index (κ3) is 3.95. The number of rotatable bonds is 6. The summed E-state index contributed by atoms with van der Waals surface area (Å²) in [4.78, 5) is 4.12. The van der Waals surface area contributed by atoms with Gasteiger partial charge in [-0.1, -0.05) is 12.1 Å². The van der Waals surface area contributed by atoms with Crippen LogP contribution in [0.1, 0.15) is 11.1 Å². The summed E-state index contributed by atoms with van der Waals surface area (Å²) in [5, 5.41) is 3.46. The first-order valence-electron chi connectivity index (χ1n) is 7.40. The average Bonchev–Trinajstić information content (AvgIpc) is 2.55. The molecule has 2 aromatic rings. The Kier molecular flexibility index (Phi) is 4.69. The van der Waals surface area contributed by atoms with Crippen molar-refractivity contribution in [2.45, 2.75) is 12.8 Å². The minimum Gasteiger partial charge on any atom is -0.486 e. The molecule has 110 valence electrons. The molecular weight excluding hydrogens is 264 g/mol. The van der Waals surface area contributed by atoms with Gasteiger partial charge in [0.1, 0.15) is 13.2 Å². The van der Waals surface area contributed by atoms with E-state index in [1.54, 1.807) is 6.20 Å². The van der Waals surface area contributed by atoms with Crippen molar-refractivity contribution < 1.29 is 9.47 Å². The van der Waals surface area contributed by atoms with E-state index in [9.17, 15) is 0 Å². The van der Waals surface area contributed by atoms with Crippen molar-refractivity contribution in [2.75, 3.05) is 26.3 Å². The molecular formula is C17H20N2O2. The fourth-order valence-corrected chi connectivity index (χ4v) is 2.38. The molecule has 1 N–H and O–H groups in total. The van der Waals surface area contributed by atoms with Crippen molar-refractivity contribution in [3.63, 3.8) is 0 Å². The summed E-state index contributed by atoms with van der Waals surface area (Å²) in [6.07, 6.45) is 5.72. The predicted molar refractivity (Wildman–Crippen MR) is 81.9 cm³/mol. The van der Waals surface area contributed by atoms with Crippen molar-refractivity contribution in [3.05, 3.63) is 53.9 Å². The predicted octanol–water partition coefficient (Wildman–Crippen LogP) is 2.23. The normalized spacial score (nSPS) is 13.1. The van der Waals surface area contributed by atoms with Gasteiger partial charge in [-0.3, -0.25) is 4.98 Å². The van der Waals surface area contributed by atoms with Gasteiger partial charge in [0.15, 0.2) is 11.5 Å². The maximum Gasteiger partial charge on any atom is 0.161 e. The number of benzene rings is 1. The molecule has 0 atom stereocenters. The van der Waals surface area contributed by atoms with Crippen LogP contribution in [0.15, 0.2) is 42.7 Å². The lowest BCUT2D eigenvalue weighted by Gasteiger charge is -2.18. The van der Waals surface area contributed by atoms with Crippen LogP contribution in [0.25, 0.3) is 0 Å². The van der Waals surface area contributed by atoms with Gasteiger partial charge in [0.2, 0.25) is 0 Å². The number of fused-ring (bicyclic) bond motifs is 1. The van der Waals surface area contributed by atoms with Crippen LogP contribution in [0, 0.1) is 0 Å². The largest absolute Gasteiger partial charge is 0.486 e. The zero-order valence-electron chi connectivity index (χ0n) is 12.0. The molecule has 0 saturated carbocycles. The molecule has 0 bridgehead atoms. The van der Waals surface area contributed by atoms with Gasteiger partial charge >= 0.3 is 0 Å². The molecule has 1 aromatic carbocycles. The molecule has 0 unspecified atom stereocenters. The molecule has 1 aliphatic rings. The molecule has 1 aliphatic heterocycles. The zero-order chi connectivity index (χ0) is 14.3. The van der Waals surface area contributed by atoms with Gasteiger partial charge in [0, 0.05) is 12.4 Å². The van der Waals surface area contributed by atoms with E-state index in [2.05, 4.69) is 28.5 Å². The minimum atomic E-state index is 0.639. The topological polar surface area (TPSA) is 43.4 Å². The van der Waals surface area contributed by atoms with Gasteiger partial charge in [-0.15, -0.1) is 0 Å². The Hall–Kier alpha value is -2.07. The monoisotopic (exact) mass is 284 g/mol. The second kappa shape index (κ2) is 7.09. The molecule has 3 rings (SSSR count). The highest BCUT2D eigenvalue weighted by molar-refractivity contribution is 5.43. The van der Waals surface area contributed by atoms with Crippen LogP contribution < -0.4 is 14.8 Å². The highest BCUT2D eigenvalue weighted by Gasteiger charge is 2.11. The quantitative estimate of drug-likeness (QED) is 0.826. The smallest absolute Gasteiger partial charge is 0.161 e. The van der Waals surface area contributed by atoms with Gasteiger partial charge in [-0.2, -0.15) is 0 Å². The molecule has 0 amide bonds. The number of ether oxygens (including phenoxy) is 2. The maximum absolute atomic E-state index is 5.60. The lowest BCUT2D eigenvalue weighted by atomic mass is 10.1. The van der Waals surface area contributed by atoms with Gasteiger partial charge in [-0.05, 0) is 55.3 Å². The van der Waals surface area contributed by atoms with Crippen molar-refractivity contribution in [2.24, 2.45) is 0 Å². The first-order chi connectivity index (χ1) is 10.4. The molecule has 0 saturated heterocycles. The Balaban J connectivity index is 1.41. The number of hydrogen-bond acceptors (Lipinski definition) is 4. The van der Waals surface area contributed by atoms with E-state index in [0.29, 0.717) is 13.2 Å². The second-order valence-corrected chi connectivity index (χ2v) is 5.09. The first kappa shape index (κ1) is 13.9. The number of nitrogens with one attached hydrogen (secondary N) is 1.